The number of para-hydroxylation sites is 2. The standard InChI is InChI=1S/C23H22FN5O/c1-15-19(16(2)29(27-15)18-10-8-17(24)9-11-18)12-13-23(30)25-14-22-26-20-6-4-5-7-21(20)28(22)3/h4-13H,14H2,1-3H3,(H,25,30)/b13-12+. The van der Waals surface area contributed by atoms with Gasteiger partial charge in [-0.1, -0.05) is 12.1 Å². The summed E-state index contributed by atoms with van der Waals surface area (Å²) in [5.74, 6) is 0.280. The topological polar surface area (TPSA) is 64.7 Å². The van der Waals surface area contributed by atoms with Gasteiger partial charge in [0.15, 0.2) is 0 Å². The molecule has 4 aromatic rings. The zero-order valence-corrected chi connectivity index (χ0v) is 17.1. The van der Waals surface area contributed by atoms with E-state index in [4.69, 9.17) is 0 Å². The van der Waals surface area contributed by atoms with E-state index in [0.717, 1.165) is 39.5 Å². The van der Waals surface area contributed by atoms with Crippen molar-refractivity contribution in [3.05, 3.63) is 83.2 Å². The number of halogens is 1. The highest BCUT2D eigenvalue weighted by molar-refractivity contribution is 5.92. The third kappa shape index (κ3) is 3.74. The third-order valence-corrected chi connectivity index (χ3v) is 5.12. The van der Waals surface area contributed by atoms with Crippen LogP contribution in [0.15, 0.2) is 54.6 Å². The molecule has 0 saturated carbocycles. The maximum Gasteiger partial charge on any atom is 0.244 e. The molecule has 0 aliphatic carbocycles. The van der Waals surface area contributed by atoms with Crippen molar-refractivity contribution in [2.45, 2.75) is 20.4 Å². The number of carbonyl (C=O) groups is 1. The monoisotopic (exact) mass is 403 g/mol. The minimum Gasteiger partial charge on any atom is -0.345 e. The third-order valence-electron chi connectivity index (χ3n) is 5.12. The van der Waals surface area contributed by atoms with Gasteiger partial charge >= 0.3 is 0 Å². The fourth-order valence-electron chi connectivity index (χ4n) is 3.47. The molecule has 0 fully saturated rings. The van der Waals surface area contributed by atoms with Gasteiger partial charge in [0.25, 0.3) is 0 Å². The molecule has 0 bridgehead atoms. The Kier molecular flexibility index (Phi) is 5.18. The van der Waals surface area contributed by atoms with Crippen LogP contribution in [-0.2, 0) is 18.4 Å². The fourth-order valence-corrected chi connectivity index (χ4v) is 3.47. The predicted molar refractivity (Wildman–Crippen MR) is 115 cm³/mol. The molecule has 6 nitrogen and oxygen atoms in total. The lowest BCUT2D eigenvalue weighted by Crippen LogP contribution is -2.22. The molecule has 0 atom stereocenters. The first-order valence-electron chi connectivity index (χ1n) is 9.62. The molecule has 0 aliphatic heterocycles. The fraction of sp³-hybridized carbons (Fsp3) is 0.174. The number of aromatic nitrogens is 4. The molecule has 2 aromatic heterocycles. The van der Waals surface area contributed by atoms with E-state index in [1.807, 2.05) is 49.7 Å². The summed E-state index contributed by atoms with van der Waals surface area (Å²) in [6.07, 6.45) is 3.25. The average Bonchev–Trinajstić information content (AvgIpc) is 3.21. The largest absolute Gasteiger partial charge is 0.345 e. The van der Waals surface area contributed by atoms with E-state index in [0.29, 0.717) is 6.54 Å². The van der Waals surface area contributed by atoms with E-state index in [-0.39, 0.29) is 11.7 Å². The number of aryl methyl sites for hydroxylation is 2. The van der Waals surface area contributed by atoms with Gasteiger partial charge in [0.05, 0.1) is 29.0 Å². The minimum absolute atomic E-state index is 0.213. The van der Waals surface area contributed by atoms with E-state index in [2.05, 4.69) is 15.4 Å². The second kappa shape index (κ2) is 7.94. The van der Waals surface area contributed by atoms with Crippen molar-refractivity contribution >= 4 is 23.0 Å². The van der Waals surface area contributed by atoms with Crippen LogP contribution in [0.5, 0.6) is 0 Å². The van der Waals surface area contributed by atoms with Crippen LogP contribution in [0.25, 0.3) is 22.8 Å². The quantitative estimate of drug-likeness (QED) is 0.515. The molecule has 2 aromatic carbocycles. The predicted octanol–water partition coefficient (Wildman–Crippen LogP) is 3.84. The van der Waals surface area contributed by atoms with E-state index >= 15 is 0 Å². The van der Waals surface area contributed by atoms with Crippen molar-refractivity contribution in [1.29, 1.82) is 0 Å². The Morgan fingerprint density at radius 1 is 1.13 bits per heavy atom. The first-order chi connectivity index (χ1) is 14.4. The van der Waals surface area contributed by atoms with E-state index in [9.17, 15) is 9.18 Å². The van der Waals surface area contributed by atoms with Crippen LogP contribution in [0.1, 0.15) is 22.8 Å². The Bertz CT molecular complexity index is 1250. The van der Waals surface area contributed by atoms with Crippen molar-refractivity contribution < 1.29 is 9.18 Å². The van der Waals surface area contributed by atoms with Crippen LogP contribution >= 0.6 is 0 Å². The highest BCUT2D eigenvalue weighted by Crippen LogP contribution is 2.19. The van der Waals surface area contributed by atoms with Gasteiger partial charge in [-0.3, -0.25) is 4.79 Å². The minimum atomic E-state index is -0.294. The number of benzene rings is 2. The van der Waals surface area contributed by atoms with Gasteiger partial charge in [-0.2, -0.15) is 5.10 Å². The molecule has 0 saturated heterocycles. The van der Waals surface area contributed by atoms with Gasteiger partial charge in [0, 0.05) is 24.4 Å². The van der Waals surface area contributed by atoms with Crippen LogP contribution in [0.4, 0.5) is 4.39 Å². The molecular weight excluding hydrogens is 381 g/mol. The summed E-state index contributed by atoms with van der Waals surface area (Å²) in [5.41, 5.74) is 5.21. The van der Waals surface area contributed by atoms with Gasteiger partial charge in [-0.05, 0) is 56.3 Å². The molecule has 0 aliphatic rings. The second-order valence-electron chi connectivity index (χ2n) is 7.10. The zero-order chi connectivity index (χ0) is 21.3. The van der Waals surface area contributed by atoms with Crippen LogP contribution in [0.3, 0.4) is 0 Å². The summed E-state index contributed by atoms with van der Waals surface area (Å²) < 4.78 is 16.9. The maximum atomic E-state index is 13.2. The van der Waals surface area contributed by atoms with Crippen molar-refractivity contribution in [3.63, 3.8) is 0 Å². The lowest BCUT2D eigenvalue weighted by Gasteiger charge is -2.04. The van der Waals surface area contributed by atoms with Crippen molar-refractivity contribution in [2.24, 2.45) is 7.05 Å². The van der Waals surface area contributed by atoms with Gasteiger partial charge < -0.3 is 9.88 Å². The Morgan fingerprint density at radius 2 is 1.87 bits per heavy atom. The van der Waals surface area contributed by atoms with E-state index in [1.54, 1.807) is 22.9 Å². The maximum absolute atomic E-state index is 13.2. The molecule has 4 rings (SSSR count). The van der Waals surface area contributed by atoms with Crippen molar-refractivity contribution in [1.82, 2.24) is 24.6 Å². The number of nitrogens with one attached hydrogen (secondary N) is 1. The van der Waals surface area contributed by atoms with E-state index in [1.165, 1.54) is 18.2 Å². The van der Waals surface area contributed by atoms with Crippen LogP contribution in [0, 0.1) is 19.7 Å². The molecular formula is C23H22FN5O. The number of hydrogen-bond donors (Lipinski definition) is 1. The van der Waals surface area contributed by atoms with Crippen molar-refractivity contribution in [2.75, 3.05) is 0 Å². The van der Waals surface area contributed by atoms with Gasteiger partial charge in [-0.25, -0.2) is 14.1 Å². The lowest BCUT2D eigenvalue weighted by molar-refractivity contribution is -0.116. The summed E-state index contributed by atoms with van der Waals surface area (Å²) >= 11 is 0. The van der Waals surface area contributed by atoms with Crippen molar-refractivity contribution in [3.8, 4) is 5.69 Å². The van der Waals surface area contributed by atoms with Gasteiger partial charge in [0.2, 0.25) is 5.91 Å². The molecule has 7 heteroatoms. The lowest BCUT2D eigenvalue weighted by atomic mass is 10.2. The number of nitrogens with zero attached hydrogens (tertiary/aromatic N) is 4. The molecule has 1 amide bonds. The first-order valence-corrected chi connectivity index (χ1v) is 9.62. The Hall–Kier alpha value is -3.74. The molecule has 0 radical (unpaired) electrons. The number of rotatable bonds is 5. The summed E-state index contributed by atoms with van der Waals surface area (Å²) in [4.78, 5) is 16.9. The number of imidazole rings is 1. The summed E-state index contributed by atoms with van der Waals surface area (Å²) in [7, 11) is 1.93. The molecule has 2 heterocycles. The summed E-state index contributed by atoms with van der Waals surface area (Å²) in [6, 6.07) is 14.0. The SMILES string of the molecule is Cc1nn(-c2ccc(F)cc2)c(C)c1/C=C/C(=O)NCc1nc2ccccc2n1C. The smallest absolute Gasteiger partial charge is 0.244 e. The molecule has 0 spiro atoms. The normalized spacial score (nSPS) is 11.5. The van der Waals surface area contributed by atoms with Gasteiger partial charge in [0.1, 0.15) is 11.6 Å². The summed E-state index contributed by atoms with van der Waals surface area (Å²) in [5, 5.41) is 7.39. The second-order valence-corrected chi connectivity index (χ2v) is 7.10. The summed E-state index contributed by atoms with van der Waals surface area (Å²) in [6.45, 7) is 4.13. The molecule has 30 heavy (non-hydrogen) atoms. The average molecular weight is 403 g/mol. The molecule has 152 valence electrons. The Morgan fingerprint density at radius 3 is 2.60 bits per heavy atom. The van der Waals surface area contributed by atoms with Gasteiger partial charge in [-0.15, -0.1) is 0 Å². The molecule has 0 unspecified atom stereocenters. The Labute approximate surface area is 173 Å². The first kappa shape index (κ1) is 19.6. The number of carbonyl (C=O) groups excluding carboxylic acids is 1. The zero-order valence-electron chi connectivity index (χ0n) is 17.1. The highest BCUT2D eigenvalue weighted by Gasteiger charge is 2.12. The van der Waals surface area contributed by atoms with Crippen LogP contribution < -0.4 is 5.32 Å². The van der Waals surface area contributed by atoms with Crippen LogP contribution in [0.2, 0.25) is 0 Å². The highest BCUT2D eigenvalue weighted by atomic mass is 19.1. The number of hydrogen-bond acceptors (Lipinski definition) is 3. The molecule has 1 N–H and O–H groups in total. The number of fused-ring (bicyclic) bond motifs is 1. The van der Waals surface area contributed by atoms with E-state index < -0.39 is 0 Å². The number of amides is 1. The Balaban J connectivity index is 1.47. The van der Waals surface area contributed by atoms with Crippen LogP contribution in [-0.4, -0.2) is 25.2 Å².